The molecule has 0 aliphatic heterocycles. The van der Waals surface area contributed by atoms with E-state index in [1.54, 1.807) is 45.0 Å². The number of hydrogen-bond donors (Lipinski definition) is 2. The highest BCUT2D eigenvalue weighted by atomic mass is 16.5. The number of para-hydroxylation sites is 1. The van der Waals surface area contributed by atoms with Crippen LogP contribution in [0.4, 0.5) is 5.69 Å². The summed E-state index contributed by atoms with van der Waals surface area (Å²) in [7, 11) is 0. The predicted molar refractivity (Wildman–Crippen MR) is 92.7 cm³/mol. The van der Waals surface area contributed by atoms with E-state index in [2.05, 4.69) is 10.6 Å². The maximum atomic E-state index is 12.5. The first-order chi connectivity index (χ1) is 11.2. The second-order valence-electron chi connectivity index (χ2n) is 6.45. The average Bonchev–Trinajstić information content (AvgIpc) is 2.53. The molecular formula is C18H26N2O4. The van der Waals surface area contributed by atoms with Crippen LogP contribution in [0.5, 0.6) is 0 Å². The van der Waals surface area contributed by atoms with Gasteiger partial charge in [-0.3, -0.25) is 9.59 Å². The van der Waals surface area contributed by atoms with Crippen molar-refractivity contribution in [3.63, 3.8) is 0 Å². The van der Waals surface area contributed by atoms with Crippen LogP contribution < -0.4 is 10.6 Å². The van der Waals surface area contributed by atoms with Crippen molar-refractivity contribution in [1.82, 2.24) is 5.32 Å². The Bertz CT molecular complexity index is 609. The van der Waals surface area contributed by atoms with Crippen molar-refractivity contribution in [2.45, 2.75) is 34.6 Å². The van der Waals surface area contributed by atoms with Crippen LogP contribution in [0, 0.1) is 11.3 Å². The van der Waals surface area contributed by atoms with Gasteiger partial charge in [-0.2, -0.15) is 0 Å². The number of esters is 1. The van der Waals surface area contributed by atoms with Gasteiger partial charge in [0.05, 0.1) is 17.9 Å². The molecule has 1 rings (SSSR count). The summed E-state index contributed by atoms with van der Waals surface area (Å²) < 4.78 is 4.98. The maximum Gasteiger partial charge on any atom is 0.340 e. The van der Waals surface area contributed by atoms with Gasteiger partial charge >= 0.3 is 5.97 Å². The Morgan fingerprint density at radius 3 is 2.33 bits per heavy atom. The Morgan fingerprint density at radius 2 is 1.75 bits per heavy atom. The molecule has 2 N–H and O–H groups in total. The van der Waals surface area contributed by atoms with Gasteiger partial charge in [-0.15, -0.1) is 0 Å². The molecule has 0 aliphatic carbocycles. The molecule has 0 fully saturated rings. The van der Waals surface area contributed by atoms with Gasteiger partial charge in [-0.05, 0) is 38.8 Å². The number of benzene rings is 1. The molecule has 2 amide bonds. The molecule has 0 unspecified atom stereocenters. The molecule has 0 aromatic heterocycles. The number of hydrogen-bond acceptors (Lipinski definition) is 4. The van der Waals surface area contributed by atoms with E-state index in [1.165, 1.54) is 0 Å². The fourth-order valence-corrected chi connectivity index (χ4v) is 1.88. The van der Waals surface area contributed by atoms with Crippen molar-refractivity contribution in [2.75, 3.05) is 18.5 Å². The van der Waals surface area contributed by atoms with Crippen molar-refractivity contribution in [1.29, 1.82) is 0 Å². The second kappa shape index (κ2) is 8.47. The Hall–Kier alpha value is -2.37. The number of rotatable bonds is 7. The van der Waals surface area contributed by atoms with Crippen LogP contribution in [-0.4, -0.2) is 30.9 Å². The zero-order valence-electron chi connectivity index (χ0n) is 14.9. The third-order valence-electron chi connectivity index (χ3n) is 3.48. The van der Waals surface area contributed by atoms with Crippen molar-refractivity contribution < 1.29 is 19.1 Å². The summed E-state index contributed by atoms with van der Waals surface area (Å²) in [5.41, 5.74) is -0.687. The van der Waals surface area contributed by atoms with Gasteiger partial charge in [-0.1, -0.05) is 26.0 Å². The largest absolute Gasteiger partial charge is 0.462 e. The number of nitrogens with one attached hydrogen (secondary N) is 2. The third-order valence-corrected chi connectivity index (χ3v) is 3.48. The molecule has 0 heterocycles. The van der Waals surface area contributed by atoms with Crippen LogP contribution in [-0.2, 0) is 14.3 Å². The molecule has 1 aromatic rings. The van der Waals surface area contributed by atoms with Crippen LogP contribution in [0.25, 0.3) is 0 Å². The summed E-state index contributed by atoms with van der Waals surface area (Å²) in [5, 5.41) is 5.41. The van der Waals surface area contributed by atoms with Crippen molar-refractivity contribution in [2.24, 2.45) is 11.3 Å². The minimum Gasteiger partial charge on any atom is -0.462 e. The number of amides is 2. The lowest BCUT2D eigenvalue weighted by Gasteiger charge is -2.23. The van der Waals surface area contributed by atoms with Gasteiger partial charge in [-0.25, -0.2) is 4.79 Å². The molecule has 0 radical (unpaired) electrons. The van der Waals surface area contributed by atoms with E-state index in [4.69, 9.17) is 4.74 Å². The first kappa shape index (κ1) is 19.7. The summed E-state index contributed by atoms with van der Waals surface area (Å²) >= 11 is 0. The number of carbonyl (C=O) groups is 3. The molecule has 1 aromatic carbocycles. The van der Waals surface area contributed by atoms with Gasteiger partial charge in [0.2, 0.25) is 11.8 Å². The van der Waals surface area contributed by atoms with Crippen molar-refractivity contribution >= 4 is 23.5 Å². The number of anilines is 1. The zero-order chi connectivity index (χ0) is 18.3. The van der Waals surface area contributed by atoms with E-state index in [-0.39, 0.29) is 24.0 Å². The van der Waals surface area contributed by atoms with Crippen LogP contribution in [0.2, 0.25) is 0 Å². The summed E-state index contributed by atoms with van der Waals surface area (Å²) in [5.74, 6) is -1.07. The van der Waals surface area contributed by atoms with Crippen LogP contribution in [0.1, 0.15) is 45.0 Å². The highest BCUT2D eigenvalue weighted by molar-refractivity contribution is 6.11. The quantitative estimate of drug-likeness (QED) is 0.593. The predicted octanol–water partition coefficient (Wildman–Crippen LogP) is 2.60. The highest BCUT2D eigenvalue weighted by Crippen LogP contribution is 2.22. The molecule has 0 atom stereocenters. The van der Waals surface area contributed by atoms with E-state index in [1.807, 2.05) is 13.8 Å². The Kier molecular flexibility index (Phi) is 6.95. The first-order valence-electron chi connectivity index (χ1n) is 8.06. The lowest BCUT2D eigenvalue weighted by atomic mass is 9.90. The van der Waals surface area contributed by atoms with E-state index >= 15 is 0 Å². The molecule has 132 valence electrons. The fourth-order valence-electron chi connectivity index (χ4n) is 1.88. The molecule has 0 aliphatic rings. The monoisotopic (exact) mass is 334 g/mol. The van der Waals surface area contributed by atoms with Gasteiger partial charge in [0.1, 0.15) is 5.41 Å². The summed E-state index contributed by atoms with van der Waals surface area (Å²) in [6.07, 6.45) is 0. The minimum atomic E-state index is -1.27. The zero-order valence-corrected chi connectivity index (χ0v) is 14.9. The van der Waals surface area contributed by atoms with Crippen molar-refractivity contribution in [3.8, 4) is 0 Å². The Labute approximate surface area is 143 Å². The molecule has 0 saturated heterocycles. The smallest absolute Gasteiger partial charge is 0.340 e. The summed E-state index contributed by atoms with van der Waals surface area (Å²) in [6, 6.07) is 6.55. The number of carbonyl (C=O) groups excluding carboxylic acids is 3. The standard InChI is InChI=1S/C18H26N2O4/c1-6-24-15(21)13-9-7-8-10-14(13)20-17(23)18(4,5)16(22)19-11-12(2)3/h7-10,12H,6,11H2,1-5H3,(H,19,22)(H,20,23). The van der Waals surface area contributed by atoms with Gasteiger partial charge < -0.3 is 15.4 Å². The van der Waals surface area contributed by atoms with Gasteiger partial charge in [0, 0.05) is 6.54 Å². The molecule has 24 heavy (non-hydrogen) atoms. The summed E-state index contributed by atoms with van der Waals surface area (Å²) in [6.45, 7) is 9.49. The van der Waals surface area contributed by atoms with Crippen molar-refractivity contribution in [3.05, 3.63) is 29.8 Å². The van der Waals surface area contributed by atoms with Crippen LogP contribution in [0.15, 0.2) is 24.3 Å². The first-order valence-corrected chi connectivity index (χ1v) is 8.06. The lowest BCUT2D eigenvalue weighted by Crippen LogP contribution is -2.46. The Balaban J connectivity index is 2.90. The maximum absolute atomic E-state index is 12.5. The normalized spacial score (nSPS) is 11.1. The van der Waals surface area contributed by atoms with Crippen LogP contribution >= 0.6 is 0 Å². The van der Waals surface area contributed by atoms with E-state index < -0.39 is 17.3 Å². The molecule has 6 nitrogen and oxygen atoms in total. The number of ether oxygens (including phenoxy) is 1. The van der Waals surface area contributed by atoms with Crippen LogP contribution in [0.3, 0.4) is 0 Å². The van der Waals surface area contributed by atoms with Gasteiger partial charge in [0.25, 0.3) is 0 Å². The molecule has 6 heteroatoms. The Morgan fingerprint density at radius 1 is 1.12 bits per heavy atom. The SMILES string of the molecule is CCOC(=O)c1ccccc1NC(=O)C(C)(C)C(=O)NCC(C)C. The highest BCUT2D eigenvalue weighted by Gasteiger charge is 2.36. The fraction of sp³-hybridized carbons (Fsp3) is 0.500. The minimum absolute atomic E-state index is 0.240. The molecule has 0 saturated carbocycles. The lowest BCUT2D eigenvalue weighted by molar-refractivity contribution is -0.138. The van der Waals surface area contributed by atoms with E-state index in [0.29, 0.717) is 12.2 Å². The van der Waals surface area contributed by atoms with E-state index in [9.17, 15) is 14.4 Å². The molecule has 0 bridgehead atoms. The summed E-state index contributed by atoms with van der Waals surface area (Å²) in [4.78, 5) is 36.7. The third kappa shape index (κ3) is 5.08. The average molecular weight is 334 g/mol. The second-order valence-corrected chi connectivity index (χ2v) is 6.45. The molecule has 0 spiro atoms. The van der Waals surface area contributed by atoms with Gasteiger partial charge in [0.15, 0.2) is 0 Å². The molecular weight excluding hydrogens is 308 g/mol. The van der Waals surface area contributed by atoms with E-state index in [0.717, 1.165) is 0 Å². The topological polar surface area (TPSA) is 84.5 Å².